The molecule has 0 saturated carbocycles. The molecule has 0 spiro atoms. The molecule has 2 bridgehead atoms. The Kier molecular flexibility index (Phi) is 12.2. The molecule has 174 valence electrons. The molecule has 0 aromatic heterocycles. The van der Waals surface area contributed by atoms with Crippen molar-refractivity contribution in [2.24, 2.45) is 5.92 Å². The van der Waals surface area contributed by atoms with Crippen molar-refractivity contribution in [3.05, 3.63) is 10.2 Å². The zero-order valence-corrected chi connectivity index (χ0v) is 25.6. The summed E-state index contributed by atoms with van der Waals surface area (Å²) in [5, 5.41) is 0. The second kappa shape index (κ2) is 13.5. The van der Waals surface area contributed by atoms with Crippen molar-refractivity contribution >= 4 is 33.2 Å². The summed E-state index contributed by atoms with van der Waals surface area (Å²) >= 11 is -2.11. The summed E-state index contributed by atoms with van der Waals surface area (Å²) < 4.78 is 7.90. The van der Waals surface area contributed by atoms with Crippen LogP contribution in [0.5, 0.6) is 0 Å². The fraction of sp³-hybridized carbons (Fsp3) is 0.926. The minimum absolute atomic E-state index is 1.02. The first-order valence-electron chi connectivity index (χ1n) is 14.0. The number of allylic oxidation sites excluding steroid dienone is 1. The Morgan fingerprint density at radius 2 is 1.30 bits per heavy atom. The van der Waals surface area contributed by atoms with Crippen LogP contribution in [0, 0.1) is 5.92 Å². The maximum absolute atomic E-state index is 2.99. The molecule has 30 heavy (non-hydrogen) atoms. The van der Waals surface area contributed by atoms with Crippen LogP contribution < -0.4 is 0 Å². The predicted molar refractivity (Wildman–Crippen MR) is 147 cm³/mol. The van der Waals surface area contributed by atoms with E-state index in [9.17, 15) is 0 Å². The molecule has 2 rings (SSSR count). The normalized spacial score (nSPS) is 25.7. The third-order valence-corrected chi connectivity index (χ3v) is 26.0. The van der Waals surface area contributed by atoms with Gasteiger partial charge in [0.1, 0.15) is 0 Å². The first-order chi connectivity index (χ1) is 14.4. The summed E-state index contributed by atoms with van der Waals surface area (Å²) in [7, 11) is -1.11. The molecule has 3 heteroatoms. The number of unbranched alkanes of at least 4 members (excludes halogenated alkanes) is 3. The number of hydrogen-bond acceptors (Lipinski definition) is 0. The van der Waals surface area contributed by atoms with Crippen molar-refractivity contribution in [3.63, 3.8) is 0 Å². The molecule has 0 aromatic carbocycles. The van der Waals surface area contributed by atoms with Crippen molar-refractivity contribution in [2.75, 3.05) is 0 Å². The predicted octanol–water partition coefficient (Wildman–Crippen LogP) is 10.0. The van der Waals surface area contributed by atoms with Crippen LogP contribution in [0.25, 0.3) is 0 Å². The monoisotopic (exact) mass is 538 g/mol. The van der Waals surface area contributed by atoms with Crippen LogP contribution in [0.2, 0.25) is 50.5 Å². The Hall–Kier alpha value is 0.821. The summed E-state index contributed by atoms with van der Waals surface area (Å²) in [6.07, 6.45) is 22.2. The van der Waals surface area contributed by atoms with Crippen LogP contribution in [0.15, 0.2) is 10.2 Å². The topological polar surface area (TPSA) is 0 Å². The van der Waals surface area contributed by atoms with Gasteiger partial charge in [-0.2, -0.15) is 0 Å². The third-order valence-electron chi connectivity index (χ3n) is 8.84. The quantitative estimate of drug-likeness (QED) is 0.205. The van der Waals surface area contributed by atoms with E-state index in [1.807, 2.05) is 0 Å². The van der Waals surface area contributed by atoms with Gasteiger partial charge in [-0.25, -0.2) is 0 Å². The third kappa shape index (κ3) is 8.00. The molecule has 0 aliphatic carbocycles. The first kappa shape index (κ1) is 27.1. The second-order valence-electron chi connectivity index (χ2n) is 12.2. The Labute approximate surface area is 196 Å². The van der Waals surface area contributed by atoms with Crippen molar-refractivity contribution in [1.82, 2.24) is 0 Å². The molecule has 2 aliphatic heterocycles. The Morgan fingerprint density at radius 1 is 0.800 bits per heavy atom. The van der Waals surface area contributed by atoms with Crippen LogP contribution >= 0.6 is 0 Å². The molecule has 0 nitrogen and oxygen atoms in total. The van der Waals surface area contributed by atoms with E-state index < -0.39 is 26.5 Å². The van der Waals surface area contributed by atoms with Crippen LogP contribution in [0.4, 0.5) is 0 Å². The van der Waals surface area contributed by atoms with Crippen molar-refractivity contribution in [2.45, 2.75) is 148 Å². The second-order valence-corrected chi connectivity index (χ2v) is 30.7. The van der Waals surface area contributed by atoms with Gasteiger partial charge >= 0.3 is 198 Å². The van der Waals surface area contributed by atoms with Gasteiger partial charge in [-0.15, -0.1) is 0 Å². The molecule has 0 radical (unpaired) electrons. The molecule has 2 aliphatic rings. The van der Waals surface area contributed by atoms with Crippen molar-refractivity contribution in [3.8, 4) is 0 Å². The Bertz CT molecular complexity index is 466. The van der Waals surface area contributed by atoms with Gasteiger partial charge in [-0.1, -0.05) is 0 Å². The number of rotatable bonds is 13. The van der Waals surface area contributed by atoms with Crippen molar-refractivity contribution in [1.29, 1.82) is 0 Å². The van der Waals surface area contributed by atoms with Crippen LogP contribution in [0.3, 0.4) is 0 Å². The summed E-state index contributed by atoms with van der Waals surface area (Å²) in [5.74, 6) is 2.11. The van der Waals surface area contributed by atoms with E-state index in [2.05, 4.69) is 50.6 Å². The van der Waals surface area contributed by atoms with E-state index >= 15 is 0 Å². The Balaban J connectivity index is 2.22. The van der Waals surface area contributed by atoms with Gasteiger partial charge in [0.05, 0.1) is 0 Å². The standard InChI is InChI=1S/C15H28BSi.3C4H9.Sn/c1-5-12-16-14-10-6-8-13(9-7-11-14)15(16)17(2,3)4;3*1-3-4-2;/h1,5,13-15H,6-12H2,2-4H3;3*1,3-4H2,2H3;/t13?,14?,15-;;;;/m0..../s1. The minimum atomic E-state index is -2.11. The summed E-state index contributed by atoms with van der Waals surface area (Å²) in [6, 6.07) is 0. The van der Waals surface area contributed by atoms with E-state index in [0.29, 0.717) is 0 Å². The van der Waals surface area contributed by atoms with E-state index in [-0.39, 0.29) is 0 Å². The summed E-state index contributed by atoms with van der Waals surface area (Å²) in [5.41, 5.74) is 1.09. The van der Waals surface area contributed by atoms with Gasteiger partial charge in [0.25, 0.3) is 0 Å². The molecular formula is C27H55BSiSn. The molecule has 0 aromatic rings. The fourth-order valence-corrected chi connectivity index (χ4v) is 25.3. The zero-order valence-electron chi connectivity index (χ0n) is 21.8. The van der Waals surface area contributed by atoms with Gasteiger partial charge in [0.2, 0.25) is 0 Å². The van der Waals surface area contributed by atoms with Crippen LogP contribution in [-0.4, -0.2) is 33.2 Å². The Morgan fingerprint density at radius 3 is 1.73 bits per heavy atom. The van der Waals surface area contributed by atoms with Gasteiger partial charge in [-0.05, 0) is 0 Å². The van der Waals surface area contributed by atoms with E-state index in [1.165, 1.54) is 57.7 Å². The average molecular weight is 537 g/mol. The molecule has 2 saturated heterocycles. The molecule has 2 fully saturated rings. The molecule has 2 heterocycles. The number of fused-ring (bicyclic) bond motifs is 3. The first-order valence-corrected chi connectivity index (χ1v) is 25.3. The SMILES string of the molecule is CCC[CH2][Sn](/[CH]=C\CB1C2CCCC(CCC2)[C@@H]1[Si](C)(C)C)([CH2]CCC)[CH2]CCC. The van der Waals surface area contributed by atoms with Crippen molar-refractivity contribution < 1.29 is 0 Å². The van der Waals surface area contributed by atoms with Gasteiger partial charge < -0.3 is 0 Å². The van der Waals surface area contributed by atoms with Crippen LogP contribution in [-0.2, 0) is 0 Å². The summed E-state index contributed by atoms with van der Waals surface area (Å²) in [4.78, 5) is 0. The van der Waals surface area contributed by atoms with E-state index in [0.717, 1.165) is 23.9 Å². The van der Waals surface area contributed by atoms with Gasteiger partial charge in [0.15, 0.2) is 0 Å². The maximum atomic E-state index is 2.99. The molecule has 0 amide bonds. The average Bonchev–Trinajstić information content (AvgIpc) is 2.97. The molecule has 0 N–H and O–H groups in total. The molecular weight excluding hydrogens is 482 g/mol. The van der Waals surface area contributed by atoms with Gasteiger partial charge in [0, 0.05) is 0 Å². The van der Waals surface area contributed by atoms with E-state index in [4.69, 9.17) is 0 Å². The molecule has 0 unspecified atom stereocenters. The molecule has 1 atom stereocenters. The van der Waals surface area contributed by atoms with Gasteiger partial charge in [-0.3, -0.25) is 0 Å². The zero-order chi connectivity index (χ0) is 22.0. The number of hydrogen-bond donors (Lipinski definition) is 0. The summed E-state index contributed by atoms with van der Waals surface area (Å²) in [6.45, 7) is 16.3. The van der Waals surface area contributed by atoms with E-state index in [1.54, 1.807) is 39.0 Å². The fourth-order valence-electron chi connectivity index (χ4n) is 7.38. The van der Waals surface area contributed by atoms with Crippen LogP contribution in [0.1, 0.15) is 97.8 Å².